The molecule has 0 spiro atoms. The summed E-state index contributed by atoms with van der Waals surface area (Å²) in [4.78, 5) is 31.6. The molecule has 1 aliphatic carbocycles. The molecule has 130 valence electrons. The highest BCUT2D eigenvalue weighted by Crippen LogP contribution is 2.26. The van der Waals surface area contributed by atoms with E-state index in [1.807, 2.05) is 4.90 Å². The van der Waals surface area contributed by atoms with Crippen molar-refractivity contribution in [1.82, 2.24) is 20.1 Å². The van der Waals surface area contributed by atoms with Gasteiger partial charge in [-0.3, -0.25) is 19.5 Å². The highest BCUT2D eigenvalue weighted by molar-refractivity contribution is 5.94. The Hall–Kier alpha value is -1.99. The van der Waals surface area contributed by atoms with Crippen LogP contribution in [0, 0.1) is 0 Å². The molecule has 1 aliphatic heterocycles. The van der Waals surface area contributed by atoms with Crippen LogP contribution in [0.3, 0.4) is 0 Å². The molecular weight excluding hydrogens is 308 g/mol. The van der Waals surface area contributed by atoms with Gasteiger partial charge in [0.15, 0.2) is 0 Å². The predicted octanol–water partition coefficient (Wildman–Crippen LogP) is -0.133. The van der Waals surface area contributed by atoms with E-state index < -0.39 is 6.10 Å². The summed E-state index contributed by atoms with van der Waals surface area (Å²) in [6, 6.07) is 3.23. The minimum absolute atomic E-state index is 0.0401. The number of rotatable bonds is 3. The van der Waals surface area contributed by atoms with Gasteiger partial charge >= 0.3 is 0 Å². The summed E-state index contributed by atoms with van der Waals surface area (Å²) >= 11 is 0. The van der Waals surface area contributed by atoms with Crippen LogP contribution in [-0.4, -0.2) is 76.1 Å². The van der Waals surface area contributed by atoms with Crippen molar-refractivity contribution in [3.63, 3.8) is 0 Å². The van der Waals surface area contributed by atoms with E-state index in [9.17, 15) is 14.7 Å². The predicted molar refractivity (Wildman–Crippen MR) is 88.3 cm³/mol. The summed E-state index contributed by atoms with van der Waals surface area (Å²) in [5.41, 5.74) is 0.503. The molecule has 3 rings (SSSR count). The van der Waals surface area contributed by atoms with E-state index in [2.05, 4.69) is 15.2 Å². The third-order valence-corrected chi connectivity index (χ3v) is 5.05. The van der Waals surface area contributed by atoms with Crippen molar-refractivity contribution >= 4 is 11.8 Å². The van der Waals surface area contributed by atoms with Crippen LogP contribution in [0.1, 0.15) is 30.1 Å². The number of aliphatic hydroxyl groups excluding tert-OH is 1. The van der Waals surface area contributed by atoms with Crippen molar-refractivity contribution in [3.05, 3.63) is 30.1 Å². The van der Waals surface area contributed by atoms with Crippen LogP contribution >= 0.6 is 0 Å². The number of carbonyl (C=O) groups excluding carboxylic acids is 2. The maximum Gasteiger partial charge on any atom is 0.253 e. The molecule has 2 fully saturated rings. The van der Waals surface area contributed by atoms with Crippen LogP contribution in [0.2, 0.25) is 0 Å². The Kier molecular flexibility index (Phi) is 5.11. The lowest BCUT2D eigenvalue weighted by atomic mass is 10.1. The topological polar surface area (TPSA) is 85.8 Å². The quantitative estimate of drug-likeness (QED) is 0.805. The largest absolute Gasteiger partial charge is 0.389 e. The van der Waals surface area contributed by atoms with Crippen molar-refractivity contribution in [2.45, 2.75) is 38.0 Å². The van der Waals surface area contributed by atoms with Crippen molar-refractivity contribution in [2.24, 2.45) is 0 Å². The first-order valence-corrected chi connectivity index (χ1v) is 8.45. The van der Waals surface area contributed by atoms with E-state index in [4.69, 9.17) is 0 Å². The highest BCUT2D eigenvalue weighted by atomic mass is 16.3. The average molecular weight is 332 g/mol. The molecule has 2 N–H and O–H groups in total. The Bertz CT molecular complexity index is 587. The van der Waals surface area contributed by atoms with Gasteiger partial charge in [0.1, 0.15) is 0 Å². The van der Waals surface area contributed by atoms with Crippen LogP contribution in [0.5, 0.6) is 0 Å². The second-order valence-corrected chi connectivity index (χ2v) is 6.50. The normalized spacial score (nSPS) is 27.9. The van der Waals surface area contributed by atoms with Gasteiger partial charge < -0.3 is 15.3 Å². The van der Waals surface area contributed by atoms with Crippen molar-refractivity contribution in [3.8, 4) is 0 Å². The van der Waals surface area contributed by atoms with Crippen molar-refractivity contribution in [2.75, 3.05) is 26.2 Å². The summed E-state index contributed by atoms with van der Waals surface area (Å²) < 4.78 is 0. The summed E-state index contributed by atoms with van der Waals surface area (Å²) in [7, 11) is 0. The number of hydrogen-bond donors (Lipinski definition) is 2. The monoisotopic (exact) mass is 332 g/mol. The van der Waals surface area contributed by atoms with Crippen LogP contribution in [-0.2, 0) is 4.79 Å². The zero-order valence-corrected chi connectivity index (χ0v) is 13.9. The Morgan fingerprint density at radius 2 is 2.00 bits per heavy atom. The zero-order chi connectivity index (χ0) is 17.1. The Morgan fingerprint density at radius 1 is 1.25 bits per heavy atom. The van der Waals surface area contributed by atoms with Gasteiger partial charge in [-0.15, -0.1) is 0 Å². The fraction of sp³-hybridized carbons (Fsp3) is 0.588. The molecule has 2 amide bonds. The number of aromatic nitrogens is 1. The zero-order valence-electron chi connectivity index (χ0n) is 13.9. The smallest absolute Gasteiger partial charge is 0.253 e. The molecule has 3 atom stereocenters. The second kappa shape index (κ2) is 7.27. The molecule has 0 bridgehead atoms. The SMILES string of the molecule is CC(=O)N1CCN([C@@H]2CC[C@@H](NC(=O)c3cccnc3)[C@H]2O)CC1. The summed E-state index contributed by atoms with van der Waals surface area (Å²) in [5, 5.41) is 13.5. The maximum absolute atomic E-state index is 12.2. The molecule has 7 heteroatoms. The number of nitrogens with one attached hydrogen (secondary N) is 1. The van der Waals surface area contributed by atoms with Gasteiger partial charge in [0, 0.05) is 51.5 Å². The first kappa shape index (κ1) is 16.9. The molecule has 0 unspecified atom stereocenters. The lowest BCUT2D eigenvalue weighted by Crippen LogP contribution is -2.55. The summed E-state index contributed by atoms with van der Waals surface area (Å²) in [6.45, 7) is 4.52. The number of pyridine rings is 1. The fourth-order valence-corrected chi connectivity index (χ4v) is 3.63. The molecule has 24 heavy (non-hydrogen) atoms. The van der Waals surface area contributed by atoms with Gasteiger partial charge in [-0.05, 0) is 25.0 Å². The minimum Gasteiger partial charge on any atom is -0.389 e. The molecular formula is C17H24N4O3. The van der Waals surface area contributed by atoms with E-state index in [1.165, 1.54) is 6.20 Å². The number of piperazine rings is 1. The maximum atomic E-state index is 12.2. The van der Waals surface area contributed by atoms with Gasteiger partial charge in [-0.2, -0.15) is 0 Å². The van der Waals surface area contributed by atoms with Crippen LogP contribution in [0.4, 0.5) is 0 Å². The Labute approximate surface area is 141 Å². The molecule has 1 saturated heterocycles. The van der Waals surface area contributed by atoms with Gasteiger partial charge in [-0.1, -0.05) is 0 Å². The number of nitrogens with zero attached hydrogens (tertiary/aromatic N) is 3. The van der Waals surface area contributed by atoms with Gasteiger partial charge in [-0.25, -0.2) is 0 Å². The first-order valence-electron chi connectivity index (χ1n) is 8.45. The van der Waals surface area contributed by atoms with Crippen LogP contribution in [0.25, 0.3) is 0 Å². The molecule has 0 radical (unpaired) electrons. The highest BCUT2D eigenvalue weighted by Gasteiger charge is 2.40. The van der Waals surface area contributed by atoms with Crippen molar-refractivity contribution in [1.29, 1.82) is 0 Å². The minimum atomic E-state index is -0.588. The third kappa shape index (κ3) is 3.57. The van der Waals surface area contributed by atoms with E-state index >= 15 is 0 Å². The lowest BCUT2D eigenvalue weighted by molar-refractivity contribution is -0.131. The molecule has 1 aromatic rings. The number of hydrogen-bond acceptors (Lipinski definition) is 5. The second-order valence-electron chi connectivity index (χ2n) is 6.50. The number of aliphatic hydroxyl groups is 1. The molecule has 2 heterocycles. The van der Waals surface area contributed by atoms with Gasteiger partial charge in [0.2, 0.25) is 5.91 Å². The number of carbonyl (C=O) groups is 2. The molecule has 7 nitrogen and oxygen atoms in total. The van der Waals surface area contributed by atoms with E-state index in [0.29, 0.717) is 18.7 Å². The van der Waals surface area contributed by atoms with E-state index in [1.54, 1.807) is 25.3 Å². The summed E-state index contributed by atoms with van der Waals surface area (Å²) in [5.74, 6) is -0.0996. The van der Waals surface area contributed by atoms with E-state index in [-0.39, 0.29) is 23.9 Å². The lowest BCUT2D eigenvalue weighted by Gasteiger charge is -2.39. The van der Waals surface area contributed by atoms with E-state index in [0.717, 1.165) is 25.9 Å². The van der Waals surface area contributed by atoms with Crippen molar-refractivity contribution < 1.29 is 14.7 Å². The molecule has 1 saturated carbocycles. The Balaban J connectivity index is 1.55. The molecule has 0 aromatic carbocycles. The van der Waals surface area contributed by atoms with Gasteiger partial charge in [0.05, 0.1) is 17.7 Å². The fourth-order valence-electron chi connectivity index (χ4n) is 3.63. The summed E-state index contributed by atoms with van der Waals surface area (Å²) in [6.07, 6.45) is 4.16. The molecule has 1 aromatic heterocycles. The Morgan fingerprint density at radius 3 is 2.62 bits per heavy atom. The standard InChI is InChI=1S/C17H24N4O3/c1-12(22)20-7-9-21(10-8-20)15-5-4-14(16(15)23)19-17(24)13-3-2-6-18-11-13/h2-3,6,11,14-16,23H,4-5,7-10H2,1H3,(H,19,24)/t14-,15-,16-/m1/s1. The van der Waals surface area contributed by atoms with Crippen LogP contribution in [0.15, 0.2) is 24.5 Å². The van der Waals surface area contributed by atoms with Gasteiger partial charge in [0.25, 0.3) is 5.91 Å². The third-order valence-electron chi connectivity index (χ3n) is 5.05. The average Bonchev–Trinajstić information content (AvgIpc) is 2.96. The molecule has 2 aliphatic rings. The number of amides is 2. The first-order chi connectivity index (χ1) is 11.6. The van der Waals surface area contributed by atoms with Crippen LogP contribution < -0.4 is 5.32 Å².